The van der Waals surface area contributed by atoms with Crippen LogP contribution in [-0.4, -0.2) is 67.8 Å². The molecule has 9 heteroatoms. The Balaban J connectivity index is 1.46. The Labute approximate surface area is 204 Å². The molecule has 0 unspecified atom stereocenters. The molecule has 1 aliphatic rings. The van der Waals surface area contributed by atoms with E-state index in [0.29, 0.717) is 25.3 Å². The van der Waals surface area contributed by atoms with Gasteiger partial charge in [-0.2, -0.15) is 5.10 Å². The van der Waals surface area contributed by atoms with E-state index in [1.165, 1.54) is 11.3 Å². The van der Waals surface area contributed by atoms with E-state index in [1.807, 2.05) is 69.1 Å². The molecule has 3 heterocycles. The summed E-state index contributed by atoms with van der Waals surface area (Å²) in [5.74, 6) is -0.101. The molecule has 1 fully saturated rings. The Hall–Kier alpha value is -3.20. The number of hydrogen-bond donors (Lipinski definition) is 0. The highest BCUT2D eigenvalue weighted by Crippen LogP contribution is 2.26. The van der Waals surface area contributed by atoms with Crippen molar-refractivity contribution in [2.24, 2.45) is 0 Å². The zero-order valence-corrected chi connectivity index (χ0v) is 20.9. The molecule has 1 aromatic carbocycles. The zero-order valence-electron chi connectivity index (χ0n) is 20.1. The second kappa shape index (κ2) is 9.97. The van der Waals surface area contributed by atoms with Crippen LogP contribution in [0.2, 0.25) is 0 Å². The minimum Gasteiger partial charge on any atom is -0.444 e. The van der Waals surface area contributed by atoms with E-state index >= 15 is 0 Å². The lowest BCUT2D eigenvalue weighted by Gasteiger charge is -2.29. The van der Waals surface area contributed by atoms with Crippen LogP contribution in [0.15, 0.2) is 48.1 Å². The molecule has 0 spiro atoms. The van der Waals surface area contributed by atoms with Crippen LogP contribution < -0.4 is 0 Å². The molecule has 0 saturated carbocycles. The normalized spacial score (nSPS) is 16.0. The predicted octanol–water partition coefficient (Wildman–Crippen LogP) is 4.86. The first-order valence-corrected chi connectivity index (χ1v) is 12.5. The summed E-state index contributed by atoms with van der Waals surface area (Å²) in [5, 5.41) is 6.99. The third-order valence-corrected chi connectivity index (χ3v) is 6.45. The van der Waals surface area contributed by atoms with Crippen molar-refractivity contribution in [2.45, 2.75) is 52.2 Å². The molecule has 0 radical (unpaired) electrons. The van der Waals surface area contributed by atoms with Gasteiger partial charge in [0.1, 0.15) is 16.3 Å². The first-order chi connectivity index (χ1) is 16.2. The molecule has 8 nitrogen and oxygen atoms in total. The molecule has 0 bridgehead atoms. The lowest BCUT2D eigenvalue weighted by atomic mass is 10.2. The molecule has 4 rings (SSSR count). The Kier molecular flexibility index (Phi) is 7.02. The summed E-state index contributed by atoms with van der Waals surface area (Å²) in [4.78, 5) is 34.1. The fourth-order valence-electron chi connectivity index (χ4n) is 3.99. The Morgan fingerprint density at radius 1 is 1.24 bits per heavy atom. The molecule has 1 atom stereocenters. The maximum Gasteiger partial charge on any atom is 0.410 e. The van der Waals surface area contributed by atoms with Crippen LogP contribution in [0.25, 0.3) is 16.3 Å². The van der Waals surface area contributed by atoms with Crippen LogP contribution in [0.5, 0.6) is 0 Å². The number of amides is 2. The third kappa shape index (κ3) is 5.47. The first kappa shape index (κ1) is 23.9. The van der Waals surface area contributed by atoms with E-state index in [1.54, 1.807) is 21.2 Å². The molecule has 0 N–H and O–H groups in total. The van der Waals surface area contributed by atoms with Crippen LogP contribution >= 0.6 is 11.3 Å². The van der Waals surface area contributed by atoms with Crippen molar-refractivity contribution in [3.05, 3.63) is 53.8 Å². The highest BCUT2D eigenvalue weighted by Gasteiger charge is 2.35. The highest BCUT2D eigenvalue weighted by atomic mass is 32.1. The number of nitrogens with zero attached hydrogens (tertiary/aromatic N) is 5. The molecule has 1 aliphatic heterocycles. The SMILES string of the molecule is CCCN(C(=O)c1csc(-c2cnn(-c3ccccc3)c2)n1)[C@H]1CCN(C(=O)OC(C)(C)C)C1. The second-order valence-corrected chi connectivity index (χ2v) is 10.3. The Morgan fingerprint density at radius 3 is 2.71 bits per heavy atom. The van der Waals surface area contributed by atoms with Gasteiger partial charge in [0.2, 0.25) is 0 Å². The van der Waals surface area contributed by atoms with Gasteiger partial charge < -0.3 is 14.5 Å². The van der Waals surface area contributed by atoms with Gasteiger partial charge in [-0.1, -0.05) is 25.1 Å². The number of para-hydroxylation sites is 1. The fourth-order valence-corrected chi connectivity index (χ4v) is 4.76. The average molecular weight is 482 g/mol. The maximum atomic E-state index is 13.4. The van der Waals surface area contributed by atoms with E-state index in [9.17, 15) is 9.59 Å². The van der Waals surface area contributed by atoms with Gasteiger partial charge >= 0.3 is 6.09 Å². The van der Waals surface area contributed by atoms with Gasteiger partial charge in [0.05, 0.1) is 17.9 Å². The van der Waals surface area contributed by atoms with Crippen molar-refractivity contribution in [2.75, 3.05) is 19.6 Å². The molecule has 34 heavy (non-hydrogen) atoms. The van der Waals surface area contributed by atoms with Gasteiger partial charge in [0.15, 0.2) is 0 Å². The summed E-state index contributed by atoms with van der Waals surface area (Å²) in [6.07, 6.45) is 4.91. The molecule has 180 valence electrons. The van der Waals surface area contributed by atoms with Crippen LogP contribution in [0.1, 0.15) is 51.0 Å². The van der Waals surface area contributed by atoms with E-state index < -0.39 is 5.60 Å². The second-order valence-electron chi connectivity index (χ2n) is 9.41. The fraction of sp³-hybridized carbons (Fsp3) is 0.440. The number of aromatic nitrogens is 3. The summed E-state index contributed by atoms with van der Waals surface area (Å²) < 4.78 is 7.30. The molecule has 3 aromatic rings. The van der Waals surface area contributed by atoms with Crippen molar-refractivity contribution < 1.29 is 14.3 Å². The highest BCUT2D eigenvalue weighted by molar-refractivity contribution is 7.13. The van der Waals surface area contributed by atoms with E-state index in [2.05, 4.69) is 10.1 Å². The quantitative estimate of drug-likeness (QED) is 0.502. The van der Waals surface area contributed by atoms with Crippen LogP contribution in [0.3, 0.4) is 0 Å². The first-order valence-electron chi connectivity index (χ1n) is 11.6. The van der Waals surface area contributed by atoms with Crippen molar-refractivity contribution in [3.63, 3.8) is 0 Å². The lowest BCUT2D eigenvalue weighted by molar-refractivity contribution is 0.0275. The van der Waals surface area contributed by atoms with Crippen molar-refractivity contribution in [3.8, 4) is 16.3 Å². The van der Waals surface area contributed by atoms with Crippen LogP contribution in [0.4, 0.5) is 4.79 Å². The third-order valence-electron chi connectivity index (χ3n) is 5.55. The van der Waals surface area contributed by atoms with Gasteiger partial charge in [-0.25, -0.2) is 14.5 Å². The number of rotatable bonds is 6. The van der Waals surface area contributed by atoms with E-state index in [-0.39, 0.29) is 18.0 Å². The topological polar surface area (TPSA) is 80.6 Å². The predicted molar refractivity (Wildman–Crippen MR) is 132 cm³/mol. The molecule has 0 aliphatic carbocycles. The summed E-state index contributed by atoms with van der Waals surface area (Å²) >= 11 is 1.43. The molecule has 1 saturated heterocycles. The van der Waals surface area contributed by atoms with Crippen molar-refractivity contribution in [1.29, 1.82) is 0 Å². The summed E-state index contributed by atoms with van der Waals surface area (Å²) in [5.41, 5.74) is 1.72. The monoisotopic (exact) mass is 481 g/mol. The van der Waals surface area contributed by atoms with Gasteiger partial charge in [-0.15, -0.1) is 11.3 Å². The Bertz CT molecular complexity index is 1130. The number of thiazole rings is 1. The Morgan fingerprint density at radius 2 is 2.00 bits per heavy atom. The number of likely N-dealkylation sites (tertiary alicyclic amines) is 1. The van der Waals surface area contributed by atoms with Crippen molar-refractivity contribution >= 4 is 23.3 Å². The number of carbonyl (C=O) groups is 2. The lowest BCUT2D eigenvalue weighted by Crippen LogP contribution is -2.44. The smallest absolute Gasteiger partial charge is 0.410 e. The maximum absolute atomic E-state index is 13.4. The van der Waals surface area contributed by atoms with Gasteiger partial charge in [-0.05, 0) is 45.7 Å². The summed E-state index contributed by atoms with van der Waals surface area (Å²) in [7, 11) is 0. The molecular formula is C25H31N5O3S. The van der Waals surface area contributed by atoms with Gasteiger partial charge in [-0.3, -0.25) is 4.79 Å². The standard InChI is InChI=1S/C25H31N5O3S/c1-5-12-29(20-11-13-28(16-20)24(32)33-25(2,3)4)23(31)21-17-34-22(27-21)18-14-26-30(15-18)19-9-7-6-8-10-19/h6-10,14-15,17,20H,5,11-13,16H2,1-4H3/t20-/m0/s1. The van der Waals surface area contributed by atoms with Crippen molar-refractivity contribution in [1.82, 2.24) is 24.6 Å². The molecule has 2 aromatic heterocycles. The zero-order chi connectivity index (χ0) is 24.3. The largest absolute Gasteiger partial charge is 0.444 e. The molecule has 2 amide bonds. The van der Waals surface area contributed by atoms with E-state index in [4.69, 9.17) is 4.74 Å². The molecular weight excluding hydrogens is 450 g/mol. The summed E-state index contributed by atoms with van der Waals surface area (Å²) in [6.45, 7) is 9.28. The number of benzene rings is 1. The number of hydrogen-bond acceptors (Lipinski definition) is 6. The minimum absolute atomic E-state index is 0.0500. The van der Waals surface area contributed by atoms with Gasteiger partial charge in [0, 0.05) is 36.8 Å². The number of carbonyl (C=O) groups excluding carboxylic acids is 2. The van der Waals surface area contributed by atoms with Gasteiger partial charge in [0.25, 0.3) is 5.91 Å². The van der Waals surface area contributed by atoms with E-state index in [0.717, 1.165) is 29.1 Å². The number of ether oxygens (including phenoxy) is 1. The minimum atomic E-state index is -0.542. The average Bonchev–Trinajstić information content (AvgIpc) is 3.56. The van der Waals surface area contributed by atoms with Crippen LogP contribution in [0, 0.1) is 0 Å². The van der Waals surface area contributed by atoms with Crippen LogP contribution in [-0.2, 0) is 4.74 Å². The summed E-state index contributed by atoms with van der Waals surface area (Å²) in [6, 6.07) is 9.81.